The van der Waals surface area contributed by atoms with Crippen LogP contribution < -0.4 is 14.8 Å². The molecule has 1 amide bonds. The molecule has 0 radical (unpaired) electrons. The van der Waals surface area contributed by atoms with Crippen LogP contribution >= 0.6 is 34.8 Å². The molecule has 3 aromatic carbocycles. The number of hydrogen-bond acceptors (Lipinski definition) is 5. The number of amides is 1. The molecule has 14 heteroatoms. The predicted molar refractivity (Wildman–Crippen MR) is 161 cm³/mol. The lowest BCUT2D eigenvalue weighted by atomic mass is 9.97. The smallest absolute Gasteiger partial charge is 0.416 e. The van der Waals surface area contributed by atoms with Crippen LogP contribution in [0.4, 0.5) is 13.2 Å². The van der Waals surface area contributed by atoms with Gasteiger partial charge >= 0.3 is 6.18 Å². The molecule has 0 saturated heterocycles. The van der Waals surface area contributed by atoms with Crippen molar-refractivity contribution < 1.29 is 31.1 Å². The minimum absolute atomic E-state index is 0.0135. The monoisotopic (exact) mass is 671 g/mol. The largest absolute Gasteiger partial charge is 0.476 e. The summed E-state index contributed by atoms with van der Waals surface area (Å²) in [5, 5.41) is 3.92. The van der Waals surface area contributed by atoms with Crippen molar-refractivity contribution in [3.8, 4) is 28.3 Å². The maximum Gasteiger partial charge on any atom is 0.416 e. The number of nitrogens with one attached hydrogen (secondary N) is 2. The van der Waals surface area contributed by atoms with Crippen molar-refractivity contribution in [3.05, 3.63) is 105 Å². The van der Waals surface area contributed by atoms with Gasteiger partial charge in [0.25, 0.3) is 5.91 Å². The molecule has 0 aliphatic rings. The quantitative estimate of drug-likeness (QED) is 0.173. The van der Waals surface area contributed by atoms with E-state index in [1.807, 2.05) is 0 Å². The van der Waals surface area contributed by atoms with E-state index in [1.54, 1.807) is 48.5 Å². The molecule has 1 heterocycles. The van der Waals surface area contributed by atoms with E-state index in [4.69, 9.17) is 44.5 Å². The number of carbonyl (C=O) groups is 1. The first kappa shape index (κ1) is 32.6. The number of nitrogens with zero attached hydrogens (tertiary/aromatic N) is 1. The number of ether oxygens (including phenoxy) is 1. The number of benzene rings is 3. The number of rotatable bonds is 10. The minimum atomic E-state index is -4.54. The number of sulfonamides is 1. The van der Waals surface area contributed by atoms with Crippen LogP contribution in [0.5, 0.6) is 5.88 Å². The van der Waals surface area contributed by atoms with E-state index in [1.165, 1.54) is 0 Å². The summed E-state index contributed by atoms with van der Waals surface area (Å²) in [5.41, 5.74) is 1.76. The highest BCUT2D eigenvalue weighted by Gasteiger charge is 2.30. The number of halogens is 6. The molecule has 4 rings (SSSR count). The number of alkyl halides is 3. The van der Waals surface area contributed by atoms with Crippen LogP contribution in [0, 0.1) is 0 Å². The summed E-state index contributed by atoms with van der Waals surface area (Å²) in [6.07, 6.45) is -3.53. The summed E-state index contributed by atoms with van der Waals surface area (Å²) in [6.45, 7) is -0.291. The molecular formula is C29H23Cl3F3N3O4S. The van der Waals surface area contributed by atoms with E-state index in [-0.39, 0.29) is 31.1 Å². The lowest BCUT2D eigenvalue weighted by Gasteiger charge is -2.18. The molecular weight excluding hydrogens is 650 g/mol. The van der Waals surface area contributed by atoms with Crippen molar-refractivity contribution in [1.82, 2.24) is 15.0 Å². The van der Waals surface area contributed by atoms with Crippen molar-refractivity contribution in [2.45, 2.75) is 12.7 Å². The van der Waals surface area contributed by atoms with Gasteiger partial charge in [0.15, 0.2) is 0 Å². The molecule has 0 aliphatic heterocycles. The number of pyridine rings is 1. The van der Waals surface area contributed by atoms with E-state index in [0.717, 1.165) is 30.5 Å². The fourth-order valence-electron chi connectivity index (χ4n) is 3.99. The topological polar surface area (TPSA) is 97.4 Å². The summed E-state index contributed by atoms with van der Waals surface area (Å²) in [6, 6.07) is 17.3. The Hall–Kier alpha value is -3.35. The van der Waals surface area contributed by atoms with E-state index in [2.05, 4.69) is 10.0 Å². The predicted octanol–water partition coefficient (Wildman–Crippen LogP) is 7.25. The molecule has 2 N–H and O–H groups in total. The Morgan fingerprint density at radius 1 is 0.907 bits per heavy atom. The Labute approximate surface area is 261 Å². The first-order valence-corrected chi connectivity index (χ1v) is 15.5. The fourth-order valence-corrected chi connectivity index (χ4v) is 5.08. The Kier molecular flexibility index (Phi) is 10.2. The molecule has 7 nitrogen and oxygen atoms in total. The second kappa shape index (κ2) is 13.5. The van der Waals surface area contributed by atoms with Crippen LogP contribution in [0.15, 0.2) is 72.8 Å². The summed E-state index contributed by atoms with van der Waals surface area (Å²) in [4.78, 5) is 17.6. The zero-order valence-electron chi connectivity index (χ0n) is 22.3. The van der Waals surface area contributed by atoms with Gasteiger partial charge in [0.2, 0.25) is 15.9 Å². The number of carbonyl (C=O) groups excluding carboxylic acids is 1. The molecule has 0 spiro atoms. The second-order valence-corrected chi connectivity index (χ2v) is 12.4. The molecule has 0 aliphatic carbocycles. The van der Waals surface area contributed by atoms with Crippen molar-refractivity contribution in [3.63, 3.8) is 0 Å². The summed E-state index contributed by atoms with van der Waals surface area (Å²) < 4.78 is 70.0. The van der Waals surface area contributed by atoms with Crippen molar-refractivity contribution in [2.75, 3.05) is 19.4 Å². The lowest BCUT2D eigenvalue weighted by molar-refractivity contribution is -0.137. The van der Waals surface area contributed by atoms with Gasteiger partial charge in [-0.3, -0.25) is 4.79 Å². The molecule has 0 saturated carbocycles. The molecule has 0 atom stereocenters. The van der Waals surface area contributed by atoms with E-state index in [9.17, 15) is 26.4 Å². The zero-order valence-corrected chi connectivity index (χ0v) is 25.4. The minimum Gasteiger partial charge on any atom is -0.476 e. The molecule has 4 aromatic rings. The third kappa shape index (κ3) is 8.84. The first-order chi connectivity index (χ1) is 20.2. The van der Waals surface area contributed by atoms with Crippen LogP contribution in [-0.2, 0) is 22.7 Å². The Morgan fingerprint density at radius 2 is 1.56 bits per heavy atom. The Bertz CT molecular complexity index is 1740. The molecule has 0 fully saturated rings. The summed E-state index contributed by atoms with van der Waals surface area (Å²) in [7, 11) is -3.48. The van der Waals surface area contributed by atoms with Crippen LogP contribution in [0.1, 0.15) is 21.5 Å². The highest BCUT2D eigenvalue weighted by atomic mass is 35.5. The van der Waals surface area contributed by atoms with Gasteiger partial charge in [-0.2, -0.15) is 13.2 Å². The van der Waals surface area contributed by atoms with Gasteiger partial charge in [-0.25, -0.2) is 18.1 Å². The van der Waals surface area contributed by atoms with Gasteiger partial charge in [0, 0.05) is 56.0 Å². The Balaban J connectivity index is 1.74. The molecule has 1 aromatic heterocycles. The van der Waals surface area contributed by atoms with Gasteiger partial charge in [-0.1, -0.05) is 53.0 Å². The van der Waals surface area contributed by atoms with Crippen molar-refractivity contribution in [1.29, 1.82) is 0 Å². The van der Waals surface area contributed by atoms with Crippen LogP contribution in [0.3, 0.4) is 0 Å². The van der Waals surface area contributed by atoms with E-state index >= 15 is 0 Å². The first-order valence-electron chi connectivity index (χ1n) is 12.5. The average molecular weight is 673 g/mol. The lowest BCUT2D eigenvalue weighted by Crippen LogP contribution is -2.27. The summed E-state index contributed by atoms with van der Waals surface area (Å²) >= 11 is 18.8. The highest BCUT2D eigenvalue weighted by molar-refractivity contribution is 7.88. The van der Waals surface area contributed by atoms with Crippen molar-refractivity contribution >= 4 is 50.7 Å². The van der Waals surface area contributed by atoms with E-state index in [0.29, 0.717) is 43.0 Å². The average Bonchev–Trinajstić information content (AvgIpc) is 2.94. The van der Waals surface area contributed by atoms with Gasteiger partial charge < -0.3 is 10.1 Å². The maximum absolute atomic E-state index is 12.9. The molecule has 0 bridgehead atoms. The SMILES string of the molecule is CS(=O)(=O)NCCOc1nc(-c2ccc(Cl)cc2)c(-c2ccc(Cl)cc2Cl)cc1CNC(=O)c1ccc(C(F)(F)F)cc1. The third-order valence-electron chi connectivity index (χ3n) is 6.02. The molecule has 43 heavy (non-hydrogen) atoms. The zero-order chi connectivity index (χ0) is 31.4. The van der Waals surface area contributed by atoms with Gasteiger partial charge in [-0.05, 0) is 54.6 Å². The van der Waals surface area contributed by atoms with Crippen LogP contribution in [0.25, 0.3) is 22.4 Å². The number of hydrogen-bond donors (Lipinski definition) is 2. The molecule has 226 valence electrons. The normalized spacial score (nSPS) is 11.8. The summed E-state index contributed by atoms with van der Waals surface area (Å²) in [5.74, 6) is -0.548. The fraction of sp³-hybridized carbons (Fsp3) is 0.172. The molecule has 0 unspecified atom stereocenters. The highest BCUT2D eigenvalue weighted by Crippen LogP contribution is 2.39. The van der Waals surface area contributed by atoms with E-state index < -0.39 is 27.7 Å². The number of aromatic nitrogens is 1. The standard InChI is InChI=1S/C29H23Cl3F3N3O4S/c1-43(40,41)37-12-13-42-28-19(16-36-27(39)18-2-6-20(7-3-18)29(33,34)35)14-24(23-11-10-22(31)15-25(23)32)26(38-28)17-4-8-21(30)9-5-17/h2-11,14-15,37H,12-13,16H2,1H3,(H,36,39). The van der Waals surface area contributed by atoms with Crippen LogP contribution in [-0.4, -0.2) is 38.7 Å². The Morgan fingerprint density at radius 3 is 2.16 bits per heavy atom. The van der Waals surface area contributed by atoms with Crippen LogP contribution in [0.2, 0.25) is 15.1 Å². The third-order valence-corrected chi connectivity index (χ3v) is 7.55. The van der Waals surface area contributed by atoms with Gasteiger partial charge in [0.1, 0.15) is 6.61 Å². The van der Waals surface area contributed by atoms with Gasteiger partial charge in [-0.15, -0.1) is 0 Å². The second-order valence-electron chi connectivity index (χ2n) is 9.25. The maximum atomic E-state index is 12.9. The van der Waals surface area contributed by atoms with Crippen molar-refractivity contribution in [2.24, 2.45) is 0 Å². The van der Waals surface area contributed by atoms with Gasteiger partial charge in [0.05, 0.1) is 17.5 Å².